The molecule has 0 aromatic heterocycles. The number of unbranched alkanes of at least 4 members (excludes halogenated alkanes) is 4. The summed E-state index contributed by atoms with van der Waals surface area (Å²) in [5.41, 5.74) is 0. The van der Waals surface area contributed by atoms with Gasteiger partial charge in [-0.15, -0.1) is 0 Å². The van der Waals surface area contributed by atoms with E-state index in [1.54, 1.807) is 7.11 Å². The van der Waals surface area contributed by atoms with Crippen LogP contribution in [0.2, 0.25) is 0 Å². The van der Waals surface area contributed by atoms with Crippen LogP contribution in [-0.4, -0.2) is 27.3 Å². The highest BCUT2D eigenvalue weighted by molar-refractivity contribution is 4.45. The summed E-state index contributed by atoms with van der Waals surface area (Å²) >= 11 is 0. The number of hydrogen-bond acceptors (Lipinski definition) is 2. The molecule has 0 unspecified atom stereocenters. The minimum absolute atomic E-state index is 0.923. The molecule has 96 valence electrons. The number of ether oxygens (including phenoxy) is 1. The summed E-state index contributed by atoms with van der Waals surface area (Å²) in [6.07, 6.45) is 6.55. The van der Waals surface area contributed by atoms with Crippen LogP contribution in [0.3, 0.4) is 0 Å². The molecule has 0 radical (unpaired) electrons. The van der Waals surface area contributed by atoms with Gasteiger partial charge in [-0.25, -0.2) is 0 Å². The Bertz CT molecular complexity index is 59.6. The topological polar surface area (TPSA) is 21.3 Å². The Kier molecular flexibility index (Phi) is 39.6. The number of methoxy groups -OCH3 is 1. The van der Waals surface area contributed by atoms with Gasteiger partial charge in [-0.1, -0.05) is 47.0 Å². The fraction of sp³-hybridized carbons (Fsp3) is 1.00. The van der Waals surface area contributed by atoms with E-state index in [4.69, 9.17) is 4.74 Å². The Hall–Kier alpha value is -0.0800. The van der Waals surface area contributed by atoms with Crippen LogP contribution < -0.4 is 5.32 Å². The molecule has 0 heterocycles. The van der Waals surface area contributed by atoms with Gasteiger partial charge in [-0.2, -0.15) is 0 Å². The lowest BCUT2D eigenvalue weighted by Crippen LogP contribution is -2.06. The smallest absolute Gasteiger partial charge is 0.0462 e. The van der Waals surface area contributed by atoms with E-state index in [-0.39, 0.29) is 0 Å². The largest absolute Gasteiger partial charge is 0.385 e. The molecule has 0 rings (SSSR count). The number of nitrogens with one attached hydrogen (secondary N) is 1. The predicted octanol–water partition coefficient (Wildman–Crippen LogP) is 3.86. The van der Waals surface area contributed by atoms with Crippen LogP contribution in [-0.2, 0) is 4.74 Å². The summed E-state index contributed by atoms with van der Waals surface area (Å²) in [6, 6.07) is 0. The van der Waals surface area contributed by atoms with Gasteiger partial charge in [0.05, 0.1) is 0 Å². The van der Waals surface area contributed by atoms with Gasteiger partial charge in [0.2, 0.25) is 0 Å². The lowest BCUT2D eigenvalue weighted by Gasteiger charge is -2.00. The lowest BCUT2D eigenvalue weighted by atomic mass is 10.1. The van der Waals surface area contributed by atoms with Gasteiger partial charge in [0, 0.05) is 13.7 Å². The van der Waals surface area contributed by atoms with Gasteiger partial charge in [0.1, 0.15) is 0 Å². The summed E-state index contributed by atoms with van der Waals surface area (Å²) in [7, 11) is 3.77. The monoisotopic (exact) mass is 219 g/mol. The molecule has 0 bridgehead atoms. The minimum Gasteiger partial charge on any atom is -0.385 e. The predicted molar refractivity (Wildman–Crippen MR) is 71.6 cm³/mol. The van der Waals surface area contributed by atoms with Gasteiger partial charge < -0.3 is 10.1 Å². The Morgan fingerprint density at radius 1 is 0.800 bits per heavy atom. The van der Waals surface area contributed by atoms with Crippen LogP contribution in [0.5, 0.6) is 0 Å². The third-order valence-corrected chi connectivity index (χ3v) is 1.78. The molecule has 0 saturated heterocycles. The number of hydrogen-bond donors (Lipinski definition) is 1. The normalized spacial score (nSPS) is 8.40. The highest BCUT2D eigenvalue weighted by Crippen LogP contribution is 2.01. The summed E-state index contributed by atoms with van der Waals surface area (Å²) < 4.78 is 4.96. The maximum absolute atomic E-state index is 4.96. The molecule has 0 saturated carbocycles. The second-order valence-electron chi connectivity index (χ2n) is 2.86. The molecule has 2 heteroatoms. The molecule has 1 N–H and O–H groups in total. The lowest BCUT2D eigenvalue weighted by molar-refractivity contribution is 0.192. The zero-order chi connectivity index (χ0) is 12.4. The molecular formula is C13H33NO. The molecule has 0 aromatic carbocycles. The molecule has 0 aromatic rings. The van der Waals surface area contributed by atoms with Crippen molar-refractivity contribution in [2.45, 2.75) is 59.8 Å². The molecule has 0 fully saturated rings. The van der Waals surface area contributed by atoms with Crippen molar-refractivity contribution in [2.75, 3.05) is 27.3 Å². The first kappa shape index (κ1) is 20.3. The van der Waals surface area contributed by atoms with Gasteiger partial charge >= 0.3 is 0 Å². The van der Waals surface area contributed by atoms with E-state index < -0.39 is 0 Å². The molecule has 0 amide bonds. The minimum atomic E-state index is 0.923. The fourth-order valence-electron chi connectivity index (χ4n) is 1.08. The van der Waals surface area contributed by atoms with Gasteiger partial charge in [0.15, 0.2) is 0 Å². The number of rotatable bonds is 8. The van der Waals surface area contributed by atoms with Crippen LogP contribution in [0.4, 0.5) is 0 Å². The quantitative estimate of drug-likeness (QED) is 0.626. The summed E-state index contributed by atoms with van der Waals surface area (Å²) in [4.78, 5) is 0. The Balaban J connectivity index is -0.000000318. The Morgan fingerprint density at radius 2 is 1.27 bits per heavy atom. The van der Waals surface area contributed by atoms with Crippen LogP contribution in [0.25, 0.3) is 0 Å². The van der Waals surface area contributed by atoms with Crippen LogP contribution in [0.15, 0.2) is 0 Å². The van der Waals surface area contributed by atoms with Crippen molar-refractivity contribution in [1.82, 2.24) is 5.32 Å². The van der Waals surface area contributed by atoms with Crippen LogP contribution in [0, 0.1) is 0 Å². The Labute approximate surface area is 97.8 Å². The van der Waals surface area contributed by atoms with E-state index in [1.807, 2.05) is 34.7 Å². The van der Waals surface area contributed by atoms with Crippen molar-refractivity contribution in [2.24, 2.45) is 0 Å². The zero-order valence-electron chi connectivity index (χ0n) is 11.9. The standard InChI is InChI=1S/C9H21NO.2C2H6/c1-10-8-6-4-3-5-7-9-11-2;2*1-2/h10H,3-9H2,1-2H3;2*1-2H3. The summed E-state index contributed by atoms with van der Waals surface area (Å²) in [5, 5.41) is 3.15. The highest BCUT2D eigenvalue weighted by atomic mass is 16.5. The average molecular weight is 219 g/mol. The van der Waals surface area contributed by atoms with Crippen molar-refractivity contribution in [3.8, 4) is 0 Å². The zero-order valence-corrected chi connectivity index (χ0v) is 11.9. The summed E-state index contributed by atoms with van der Waals surface area (Å²) in [6.45, 7) is 10.1. The Morgan fingerprint density at radius 3 is 1.73 bits per heavy atom. The maximum Gasteiger partial charge on any atom is 0.0462 e. The molecule has 0 aliphatic heterocycles. The average Bonchev–Trinajstić information content (AvgIpc) is 2.33. The van der Waals surface area contributed by atoms with E-state index in [0.29, 0.717) is 0 Å². The van der Waals surface area contributed by atoms with E-state index >= 15 is 0 Å². The summed E-state index contributed by atoms with van der Waals surface area (Å²) in [5.74, 6) is 0. The van der Waals surface area contributed by atoms with Gasteiger partial charge in [-0.3, -0.25) is 0 Å². The van der Waals surface area contributed by atoms with Crippen molar-refractivity contribution in [3.05, 3.63) is 0 Å². The maximum atomic E-state index is 4.96. The van der Waals surface area contributed by atoms with Crippen molar-refractivity contribution >= 4 is 0 Å². The highest BCUT2D eigenvalue weighted by Gasteiger charge is 1.88. The molecule has 0 aliphatic carbocycles. The second kappa shape index (κ2) is 29.2. The third kappa shape index (κ3) is 31.5. The first-order valence-electron chi connectivity index (χ1n) is 6.55. The van der Waals surface area contributed by atoms with E-state index in [2.05, 4.69) is 5.32 Å². The SMILES string of the molecule is CC.CC.CNCCCCCCCOC. The van der Waals surface area contributed by atoms with Crippen molar-refractivity contribution < 1.29 is 4.74 Å². The van der Waals surface area contributed by atoms with Gasteiger partial charge in [-0.05, 0) is 26.4 Å². The second-order valence-corrected chi connectivity index (χ2v) is 2.86. The first-order valence-corrected chi connectivity index (χ1v) is 6.55. The molecular weight excluding hydrogens is 186 g/mol. The third-order valence-electron chi connectivity index (χ3n) is 1.78. The fourth-order valence-corrected chi connectivity index (χ4v) is 1.08. The van der Waals surface area contributed by atoms with Gasteiger partial charge in [0.25, 0.3) is 0 Å². The van der Waals surface area contributed by atoms with Crippen LogP contribution in [0.1, 0.15) is 59.8 Å². The van der Waals surface area contributed by atoms with E-state index in [0.717, 1.165) is 13.2 Å². The van der Waals surface area contributed by atoms with E-state index in [9.17, 15) is 0 Å². The van der Waals surface area contributed by atoms with E-state index in [1.165, 1.54) is 32.1 Å². The molecule has 0 aliphatic rings. The van der Waals surface area contributed by atoms with Crippen molar-refractivity contribution in [3.63, 3.8) is 0 Å². The molecule has 2 nitrogen and oxygen atoms in total. The first-order chi connectivity index (χ1) is 7.41. The van der Waals surface area contributed by atoms with Crippen LogP contribution >= 0.6 is 0 Å². The molecule has 0 spiro atoms. The molecule has 0 atom stereocenters. The van der Waals surface area contributed by atoms with Crippen molar-refractivity contribution in [1.29, 1.82) is 0 Å². The molecule has 15 heavy (non-hydrogen) atoms.